The molecule has 1 fully saturated rings. The summed E-state index contributed by atoms with van der Waals surface area (Å²) in [4.78, 5) is 28.9. The van der Waals surface area contributed by atoms with E-state index >= 15 is 0 Å². The van der Waals surface area contributed by atoms with Gasteiger partial charge in [0, 0.05) is 42.9 Å². The van der Waals surface area contributed by atoms with Gasteiger partial charge in [-0.3, -0.25) is 9.59 Å². The highest BCUT2D eigenvalue weighted by Crippen LogP contribution is 2.25. The molecule has 1 saturated heterocycles. The number of carbonyl (C=O) groups is 1. The van der Waals surface area contributed by atoms with E-state index in [9.17, 15) is 19.1 Å². The normalized spacial score (nSPS) is 19.7. The monoisotopic (exact) mass is 371 g/mol. The zero-order chi connectivity index (χ0) is 19.1. The molecule has 2 N–H and O–H groups in total. The van der Waals surface area contributed by atoms with Crippen molar-refractivity contribution in [2.75, 3.05) is 13.1 Å². The van der Waals surface area contributed by atoms with Crippen molar-refractivity contribution in [2.45, 2.75) is 19.4 Å². The number of nitrogens with zero attached hydrogens (tertiary/aromatic N) is 2. The minimum Gasteiger partial charge on any atom is -0.391 e. The average molecular weight is 371 g/mol. The van der Waals surface area contributed by atoms with Crippen LogP contribution < -0.4 is 5.56 Å². The second-order valence-corrected chi connectivity index (χ2v) is 6.91. The highest BCUT2D eigenvalue weighted by atomic mass is 19.1. The lowest BCUT2D eigenvalue weighted by Gasteiger charge is -2.17. The number of benzene rings is 1. The lowest BCUT2D eigenvalue weighted by Crippen LogP contribution is -2.30. The number of halogens is 1. The molecule has 7 nitrogen and oxygen atoms in total. The maximum Gasteiger partial charge on any atom is 0.254 e. The van der Waals surface area contributed by atoms with E-state index in [0.29, 0.717) is 24.1 Å². The largest absolute Gasteiger partial charge is 0.391 e. The molecule has 1 aromatic carbocycles. The van der Waals surface area contributed by atoms with Crippen LogP contribution >= 0.6 is 0 Å². The molecule has 140 valence electrons. The average Bonchev–Trinajstić information content (AvgIpc) is 3.19. The molecule has 0 spiro atoms. The molecule has 2 atom stereocenters. The first-order valence-electron chi connectivity index (χ1n) is 8.63. The lowest BCUT2D eigenvalue weighted by molar-refractivity contribution is 0.0766. The summed E-state index contributed by atoms with van der Waals surface area (Å²) in [7, 11) is 0. The summed E-state index contributed by atoms with van der Waals surface area (Å²) >= 11 is 0. The first-order valence-corrected chi connectivity index (χ1v) is 8.63. The van der Waals surface area contributed by atoms with Crippen molar-refractivity contribution >= 4 is 16.8 Å². The first-order chi connectivity index (χ1) is 12.9. The highest BCUT2D eigenvalue weighted by Gasteiger charge is 2.35. The van der Waals surface area contributed by atoms with Crippen molar-refractivity contribution in [3.05, 3.63) is 63.5 Å². The van der Waals surface area contributed by atoms with Gasteiger partial charge in [0.05, 0.1) is 22.9 Å². The van der Waals surface area contributed by atoms with Gasteiger partial charge < -0.3 is 19.5 Å². The quantitative estimate of drug-likeness (QED) is 0.729. The van der Waals surface area contributed by atoms with Crippen LogP contribution in [0.5, 0.6) is 0 Å². The fourth-order valence-corrected chi connectivity index (χ4v) is 3.57. The predicted molar refractivity (Wildman–Crippen MR) is 94.9 cm³/mol. The number of hydrogen-bond acceptors (Lipinski definition) is 5. The maximum atomic E-state index is 13.4. The fourth-order valence-electron chi connectivity index (χ4n) is 3.57. The van der Waals surface area contributed by atoms with E-state index < -0.39 is 17.5 Å². The van der Waals surface area contributed by atoms with Crippen LogP contribution in [0.25, 0.3) is 10.9 Å². The van der Waals surface area contributed by atoms with E-state index in [0.717, 1.165) is 5.69 Å². The zero-order valence-corrected chi connectivity index (χ0v) is 14.6. The summed E-state index contributed by atoms with van der Waals surface area (Å²) in [6.45, 7) is 2.30. The second kappa shape index (κ2) is 6.62. The van der Waals surface area contributed by atoms with Crippen molar-refractivity contribution in [1.29, 1.82) is 0 Å². The number of aromatic nitrogens is 2. The molecule has 8 heteroatoms. The first kappa shape index (κ1) is 17.4. The van der Waals surface area contributed by atoms with Gasteiger partial charge in [-0.2, -0.15) is 0 Å². The molecule has 1 aliphatic rings. The number of likely N-dealkylation sites (tertiary alicyclic amines) is 1. The van der Waals surface area contributed by atoms with Crippen molar-refractivity contribution in [3.8, 4) is 0 Å². The van der Waals surface area contributed by atoms with Gasteiger partial charge in [0.1, 0.15) is 11.6 Å². The summed E-state index contributed by atoms with van der Waals surface area (Å²) in [6, 6.07) is 6.90. The van der Waals surface area contributed by atoms with Crippen LogP contribution in [0.15, 0.2) is 39.6 Å². The molecule has 3 heterocycles. The SMILES string of the molecule is Cc1cc(C[C@@H]2CN(C(=O)c3cc(=O)[nH]c4cc(F)ccc34)C[C@H]2O)on1. The predicted octanol–water partition coefficient (Wildman–Crippen LogP) is 1.64. The molecule has 0 saturated carbocycles. The van der Waals surface area contributed by atoms with Gasteiger partial charge in [-0.05, 0) is 25.1 Å². The molecule has 4 rings (SSSR count). The number of H-pyrrole nitrogens is 1. The Morgan fingerprint density at radius 3 is 2.93 bits per heavy atom. The second-order valence-electron chi connectivity index (χ2n) is 6.91. The Kier molecular flexibility index (Phi) is 4.27. The molecule has 1 amide bonds. The third-order valence-corrected chi connectivity index (χ3v) is 4.87. The Morgan fingerprint density at radius 1 is 1.37 bits per heavy atom. The highest BCUT2D eigenvalue weighted by molar-refractivity contribution is 6.06. The van der Waals surface area contributed by atoms with Crippen molar-refractivity contribution in [2.24, 2.45) is 5.92 Å². The summed E-state index contributed by atoms with van der Waals surface area (Å²) < 4.78 is 18.6. The molecule has 27 heavy (non-hydrogen) atoms. The molecular weight excluding hydrogens is 353 g/mol. The number of pyridine rings is 1. The van der Waals surface area contributed by atoms with E-state index in [1.54, 1.807) is 6.07 Å². The summed E-state index contributed by atoms with van der Waals surface area (Å²) in [6.07, 6.45) is -0.238. The number of fused-ring (bicyclic) bond motifs is 1. The Balaban J connectivity index is 1.60. The number of aryl methyl sites for hydroxylation is 1. The van der Waals surface area contributed by atoms with Crippen LogP contribution in [0.2, 0.25) is 0 Å². The van der Waals surface area contributed by atoms with E-state index in [2.05, 4.69) is 10.1 Å². The minimum absolute atomic E-state index is 0.159. The molecule has 0 unspecified atom stereocenters. The van der Waals surface area contributed by atoms with Crippen LogP contribution in [0.4, 0.5) is 4.39 Å². The summed E-state index contributed by atoms with van der Waals surface area (Å²) in [5.41, 5.74) is 0.730. The van der Waals surface area contributed by atoms with E-state index in [4.69, 9.17) is 4.52 Å². The van der Waals surface area contributed by atoms with Crippen LogP contribution in [-0.4, -0.2) is 45.2 Å². The third-order valence-electron chi connectivity index (χ3n) is 4.87. The zero-order valence-electron chi connectivity index (χ0n) is 14.6. The summed E-state index contributed by atoms with van der Waals surface area (Å²) in [5.74, 6) is -0.398. The molecule has 2 aromatic heterocycles. The molecule has 0 radical (unpaired) electrons. The number of carbonyl (C=O) groups excluding carboxylic acids is 1. The van der Waals surface area contributed by atoms with Gasteiger partial charge >= 0.3 is 0 Å². The number of aliphatic hydroxyl groups is 1. The molecule has 1 aliphatic heterocycles. The van der Waals surface area contributed by atoms with Crippen molar-refractivity contribution < 1.29 is 18.8 Å². The van der Waals surface area contributed by atoms with Crippen LogP contribution in [-0.2, 0) is 6.42 Å². The Hall–Kier alpha value is -3.00. The van der Waals surface area contributed by atoms with Gasteiger partial charge in [0.15, 0.2) is 0 Å². The van der Waals surface area contributed by atoms with Crippen LogP contribution in [0, 0.1) is 18.7 Å². The third kappa shape index (κ3) is 3.35. The van der Waals surface area contributed by atoms with Crippen LogP contribution in [0.3, 0.4) is 0 Å². The molecule has 3 aromatic rings. The molecule has 0 bridgehead atoms. The number of hydrogen-bond donors (Lipinski definition) is 2. The van der Waals surface area contributed by atoms with Crippen LogP contribution in [0.1, 0.15) is 21.8 Å². The van der Waals surface area contributed by atoms with Gasteiger partial charge in [-0.25, -0.2) is 4.39 Å². The number of nitrogens with one attached hydrogen (secondary N) is 1. The van der Waals surface area contributed by atoms with Gasteiger partial charge in [-0.1, -0.05) is 5.16 Å². The Morgan fingerprint density at radius 2 is 2.19 bits per heavy atom. The molecular formula is C19H18FN3O4. The van der Waals surface area contributed by atoms with Gasteiger partial charge in [0.2, 0.25) is 5.56 Å². The summed E-state index contributed by atoms with van der Waals surface area (Å²) in [5, 5.41) is 14.6. The number of β-amino-alcohol motifs (C(OH)–C–C–N with tert-alkyl or cyclic N) is 1. The standard InChI is InChI=1S/C19H18FN3O4/c1-10-4-13(27-22-10)5-11-8-23(9-17(11)24)19(26)15-7-18(25)21-16-6-12(20)2-3-14(15)16/h2-4,6-7,11,17,24H,5,8-9H2,1H3,(H,21,25)/t11-,17-/m1/s1. The van der Waals surface area contributed by atoms with Gasteiger partial charge in [-0.15, -0.1) is 0 Å². The van der Waals surface area contributed by atoms with Gasteiger partial charge in [0.25, 0.3) is 5.91 Å². The topological polar surface area (TPSA) is 99.4 Å². The van der Waals surface area contributed by atoms with Crippen molar-refractivity contribution in [1.82, 2.24) is 15.0 Å². The number of rotatable bonds is 3. The lowest BCUT2D eigenvalue weighted by atomic mass is 10.0. The van der Waals surface area contributed by atoms with E-state index in [-0.39, 0.29) is 29.4 Å². The number of aromatic amines is 1. The number of aliphatic hydroxyl groups excluding tert-OH is 1. The Bertz CT molecular complexity index is 1070. The number of amides is 1. The maximum absolute atomic E-state index is 13.4. The fraction of sp³-hybridized carbons (Fsp3) is 0.316. The van der Waals surface area contributed by atoms with E-state index in [1.165, 1.54) is 29.2 Å². The van der Waals surface area contributed by atoms with Crippen molar-refractivity contribution in [3.63, 3.8) is 0 Å². The molecule has 0 aliphatic carbocycles. The van der Waals surface area contributed by atoms with E-state index in [1.807, 2.05) is 6.92 Å². The smallest absolute Gasteiger partial charge is 0.254 e. The minimum atomic E-state index is -0.704. The Labute approximate surface area is 153 Å².